The molecule has 6 rings (SSSR count). The zero-order chi connectivity index (χ0) is 30.6. The lowest BCUT2D eigenvalue weighted by Gasteiger charge is -2.44. The molecule has 1 atom stereocenters. The Bertz CT molecular complexity index is 1510. The second-order valence-electron chi connectivity index (χ2n) is 11.9. The lowest BCUT2D eigenvalue weighted by atomic mass is 10.1. The monoisotopic (exact) mass is 615 g/mol. The van der Waals surface area contributed by atoms with Gasteiger partial charge in [-0.2, -0.15) is 22.9 Å². The van der Waals surface area contributed by atoms with Crippen molar-refractivity contribution in [2.24, 2.45) is 0 Å². The molecule has 0 spiro atoms. The zero-order valence-electron chi connectivity index (χ0n) is 24.3. The minimum atomic E-state index is -4.58. The van der Waals surface area contributed by atoms with Gasteiger partial charge in [-0.3, -0.25) is 4.79 Å². The van der Waals surface area contributed by atoms with E-state index in [1.54, 1.807) is 67.8 Å². The predicted octanol–water partition coefficient (Wildman–Crippen LogP) is 4.34. The highest BCUT2D eigenvalue weighted by Crippen LogP contribution is 2.44. The van der Waals surface area contributed by atoms with Crippen molar-refractivity contribution in [2.75, 3.05) is 55.8 Å². The van der Waals surface area contributed by atoms with Crippen LogP contribution in [0.1, 0.15) is 26.5 Å². The maximum atomic E-state index is 13.7. The van der Waals surface area contributed by atoms with Crippen LogP contribution in [0.4, 0.5) is 19.0 Å². The number of nitrogens with zero attached hydrogens (tertiary/aromatic N) is 6. The Morgan fingerprint density at radius 2 is 1.74 bits per heavy atom. The van der Waals surface area contributed by atoms with E-state index in [4.69, 9.17) is 4.74 Å². The fourth-order valence-corrected chi connectivity index (χ4v) is 6.94. The molecule has 2 saturated heterocycles. The Balaban J connectivity index is 1.28. The van der Waals surface area contributed by atoms with E-state index in [2.05, 4.69) is 10.1 Å². The second-order valence-corrected chi connectivity index (χ2v) is 13.0. The number of carbonyl (C=O) groups excluding carboxylic acids is 2. The number of piperazine rings is 1. The minimum absolute atomic E-state index is 0.155. The van der Waals surface area contributed by atoms with Gasteiger partial charge in [0.15, 0.2) is 11.4 Å². The molecule has 4 aliphatic rings. The van der Waals surface area contributed by atoms with Gasteiger partial charge in [0, 0.05) is 37.5 Å². The van der Waals surface area contributed by atoms with Gasteiger partial charge >= 0.3 is 12.1 Å². The van der Waals surface area contributed by atoms with Gasteiger partial charge in [0.2, 0.25) is 0 Å². The Morgan fingerprint density at radius 1 is 1.02 bits per heavy atom. The van der Waals surface area contributed by atoms with Crippen LogP contribution in [-0.4, -0.2) is 92.7 Å². The van der Waals surface area contributed by atoms with Crippen LogP contribution >= 0.6 is 11.8 Å². The summed E-state index contributed by atoms with van der Waals surface area (Å²) in [6.45, 7) is 8.09. The summed E-state index contributed by atoms with van der Waals surface area (Å²) in [5, 5.41) is 6.08. The average molecular weight is 616 g/mol. The van der Waals surface area contributed by atoms with Gasteiger partial charge in [-0.15, -0.1) is 16.8 Å². The van der Waals surface area contributed by atoms with Crippen LogP contribution in [0.15, 0.2) is 71.6 Å². The molecule has 2 aromatic rings. The summed E-state index contributed by atoms with van der Waals surface area (Å²) in [5.74, 6) is 1.11. The molecule has 1 amide bonds. The number of hydrogen-bond acceptors (Lipinski definition) is 7. The molecule has 1 aromatic heterocycles. The van der Waals surface area contributed by atoms with Gasteiger partial charge in [-0.1, -0.05) is 18.2 Å². The Hall–Kier alpha value is -3.55. The fraction of sp³-hybridized carbons (Fsp3) is 0.433. The van der Waals surface area contributed by atoms with E-state index >= 15 is 0 Å². The summed E-state index contributed by atoms with van der Waals surface area (Å²) in [5.41, 5.74) is 0.283. The van der Waals surface area contributed by atoms with Gasteiger partial charge in [-0.25, -0.2) is 9.48 Å². The summed E-state index contributed by atoms with van der Waals surface area (Å²) in [7, 11) is 0. The molecule has 43 heavy (non-hydrogen) atoms. The van der Waals surface area contributed by atoms with E-state index in [1.807, 2.05) is 23.3 Å². The van der Waals surface area contributed by atoms with E-state index in [-0.39, 0.29) is 17.0 Å². The highest BCUT2D eigenvalue weighted by molar-refractivity contribution is 7.99. The molecule has 13 heteroatoms. The van der Waals surface area contributed by atoms with Crippen molar-refractivity contribution in [2.45, 2.75) is 32.5 Å². The van der Waals surface area contributed by atoms with Crippen LogP contribution in [0.3, 0.4) is 0 Å². The number of benzene rings is 1. The van der Waals surface area contributed by atoms with Crippen molar-refractivity contribution in [3.05, 3.63) is 77.3 Å². The minimum Gasteiger partial charge on any atom is -0.456 e. The molecule has 5 heterocycles. The normalized spacial score (nSPS) is 22.8. The van der Waals surface area contributed by atoms with Crippen LogP contribution in [0, 0.1) is 0 Å². The van der Waals surface area contributed by atoms with Gasteiger partial charge in [-0.05, 0) is 39.0 Å². The smallest absolute Gasteiger partial charge is 0.435 e. The molecule has 0 bridgehead atoms. The summed E-state index contributed by atoms with van der Waals surface area (Å²) in [4.78, 5) is 31.0. The number of thioether (sulfide) groups is 1. The first kappa shape index (κ1) is 29.5. The molecule has 0 N–H and O–H groups in total. The number of quaternary nitrogens is 1. The zero-order valence-corrected chi connectivity index (χ0v) is 25.1. The summed E-state index contributed by atoms with van der Waals surface area (Å²) < 4.78 is 48.4. The third-order valence-corrected chi connectivity index (χ3v) is 8.89. The third kappa shape index (κ3) is 5.49. The number of halogens is 3. The van der Waals surface area contributed by atoms with Crippen molar-refractivity contribution in [3.8, 4) is 5.69 Å². The van der Waals surface area contributed by atoms with Crippen LogP contribution in [0.2, 0.25) is 0 Å². The fourth-order valence-electron chi connectivity index (χ4n) is 5.99. The van der Waals surface area contributed by atoms with Crippen LogP contribution in [0.25, 0.3) is 5.69 Å². The highest BCUT2D eigenvalue weighted by Gasteiger charge is 2.55. The number of para-hydroxylation sites is 1. The maximum absolute atomic E-state index is 13.7. The van der Waals surface area contributed by atoms with Crippen LogP contribution in [-0.2, 0) is 20.5 Å². The molecule has 0 saturated carbocycles. The van der Waals surface area contributed by atoms with Gasteiger partial charge in [0.1, 0.15) is 29.7 Å². The molecule has 4 aliphatic heterocycles. The van der Waals surface area contributed by atoms with Gasteiger partial charge < -0.3 is 14.5 Å². The second kappa shape index (κ2) is 10.9. The number of allylic oxidation sites excluding steroid dienone is 2. The van der Waals surface area contributed by atoms with E-state index in [1.165, 1.54) is 4.68 Å². The van der Waals surface area contributed by atoms with Crippen molar-refractivity contribution in [1.82, 2.24) is 19.7 Å². The van der Waals surface area contributed by atoms with E-state index in [9.17, 15) is 22.8 Å². The number of alkyl halides is 3. The van der Waals surface area contributed by atoms with Gasteiger partial charge in [0.05, 0.1) is 30.2 Å². The van der Waals surface area contributed by atoms with E-state index in [0.717, 1.165) is 11.8 Å². The number of esters is 1. The van der Waals surface area contributed by atoms with Crippen molar-refractivity contribution in [1.29, 1.82) is 0 Å². The largest absolute Gasteiger partial charge is 0.456 e. The first-order valence-electron chi connectivity index (χ1n) is 14.2. The third-order valence-electron chi connectivity index (χ3n) is 7.93. The number of amides is 1. The topological polar surface area (TPSA) is 70.9 Å². The van der Waals surface area contributed by atoms with Gasteiger partial charge in [0.25, 0.3) is 5.91 Å². The number of fused-ring (bicyclic) bond motifs is 1. The first-order valence-corrected chi connectivity index (χ1v) is 15.4. The number of anilines is 1. The molecule has 0 aliphatic carbocycles. The van der Waals surface area contributed by atoms with E-state index in [0.29, 0.717) is 66.9 Å². The first-order chi connectivity index (χ1) is 20.4. The quantitative estimate of drug-likeness (QED) is 0.366. The Kier molecular flexibility index (Phi) is 7.46. The molecule has 228 valence electrons. The number of hydrogen-bond donors (Lipinski definition) is 0. The molecule has 0 unspecified atom stereocenters. The van der Waals surface area contributed by atoms with Crippen molar-refractivity contribution < 1.29 is 32.1 Å². The molecular formula is C30H34F3N6O3S+. The molecule has 1 aromatic carbocycles. The summed E-state index contributed by atoms with van der Waals surface area (Å²) >= 11 is 1.68. The lowest BCUT2D eigenvalue weighted by molar-refractivity contribution is -0.948. The standard InChI is InChI=1S/C30H34F3N6O3S/c1-29(2,3)42-28(41)26-22(27(40)36-15-17-43-20-36)19-39(16-7-10-23(26)39)37-13-11-35(12-14-37)25-18-24(30(31,32)33)34-38(25)21-8-5-4-6-9-21/h4-10,16,18H,11-15,17,19-20H2,1-3H3/q+1/t39-/m1/s1. The van der Waals surface area contributed by atoms with Crippen LogP contribution < -0.4 is 4.90 Å². The van der Waals surface area contributed by atoms with E-state index < -0.39 is 23.4 Å². The summed E-state index contributed by atoms with van der Waals surface area (Å²) in [6, 6.07) is 9.87. The summed E-state index contributed by atoms with van der Waals surface area (Å²) in [6.07, 6.45) is 1.15. The lowest BCUT2D eigenvalue weighted by Crippen LogP contribution is -2.61. The molecule has 9 nitrogen and oxygen atoms in total. The molecule has 0 radical (unpaired) electrons. The Morgan fingerprint density at radius 3 is 2.37 bits per heavy atom. The average Bonchev–Trinajstić information content (AvgIpc) is 3.75. The Labute approximate surface area is 252 Å². The van der Waals surface area contributed by atoms with Crippen molar-refractivity contribution >= 4 is 29.5 Å². The highest BCUT2D eigenvalue weighted by atomic mass is 32.2. The SMILES string of the molecule is CC(C)(C)OC(=O)C1=C(C(=O)N2CCSC2)C[N@+]2(N3CCN(c4cc(C(F)(F)F)nn4-c4ccccc4)CC3)C=CC=C12. The van der Waals surface area contributed by atoms with Crippen LogP contribution in [0.5, 0.6) is 0 Å². The molecule has 2 fully saturated rings. The predicted molar refractivity (Wildman–Crippen MR) is 157 cm³/mol. The molecular weight excluding hydrogens is 581 g/mol. The number of rotatable bonds is 5. The number of aromatic nitrogens is 2. The van der Waals surface area contributed by atoms with Crippen molar-refractivity contribution in [3.63, 3.8) is 0 Å². The maximum Gasteiger partial charge on any atom is 0.435 e. The number of carbonyl (C=O) groups is 2. The number of ether oxygens (including phenoxy) is 1.